The number of nitrogens with zero attached hydrogens (tertiary/aromatic N) is 7. The van der Waals surface area contributed by atoms with Crippen LogP contribution >= 0.6 is 0 Å². The van der Waals surface area contributed by atoms with Crippen LogP contribution in [-0.2, 0) is 17.5 Å². The highest BCUT2D eigenvalue weighted by Crippen LogP contribution is 2.36. The van der Waals surface area contributed by atoms with E-state index in [1.54, 1.807) is 19.1 Å². The van der Waals surface area contributed by atoms with Crippen LogP contribution in [0.4, 0.5) is 19.1 Å². The minimum Gasteiger partial charge on any atom is -0.598 e. The molecule has 1 fully saturated rings. The molecule has 3 aromatic heterocycles. The minimum absolute atomic E-state index is 0.0135. The Morgan fingerprint density at radius 2 is 1.97 bits per heavy atom. The van der Waals surface area contributed by atoms with E-state index in [0.717, 1.165) is 6.20 Å². The fourth-order valence-electron chi connectivity index (χ4n) is 3.84. The summed E-state index contributed by atoms with van der Waals surface area (Å²) in [5.41, 5.74) is -0.219. The summed E-state index contributed by atoms with van der Waals surface area (Å²) in [5, 5.41) is 12.5. The first-order valence-electron chi connectivity index (χ1n) is 11.0. The van der Waals surface area contributed by atoms with E-state index in [-0.39, 0.29) is 29.1 Å². The first kappa shape index (κ1) is 24.9. The monoisotopic (exact) mass is 504 g/mol. The third-order valence-corrected chi connectivity index (χ3v) is 7.07. The van der Waals surface area contributed by atoms with Crippen LogP contribution in [0.15, 0.2) is 30.9 Å². The number of hydrogen-bond donors (Lipinski definition) is 1. The van der Waals surface area contributed by atoms with Crippen LogP contribution in [0.3, 0.4) is 0 Å². The smallest absolute Gasteiger partial charge is 0.420 e. The standard InChI is InChI=1S/C22H23F3N8OS/c1-3-35(34)33-8-6-15(7-9-33)30-21-27-11-16(22(23,24)25)20(31-21)18-12-32(13-28-18)19-5-4-14(2)29-17(19)10-26/h4-5,11-13,15H,3,6-9H2,1-2H3,(H,27,30,31). The second kappa shape index (κ2) is 10.2. The van der Waals surface area contributed by atoms with E-state index in [4.69, 9.17) is 0 Å². The molecule has 1 N–H and O–H groups in total. The van der Waals surface area contributed by atoms with E-state index >= 15 is 0 Å². The van der Waals surface area contributed by atoms with Crippen molar-refractivity contribution in [3.63, 3.8) is 0 Å². The molecule has 9 nitrogen and oxygen atoms in total. The Morgan fingerprint density at radius 3 is 2.63 bits per heavy atom. The Bertz CT molecular complexity index is 1230. The number of anilines is 1. The number of halogens is 3. The molecule has 1 aliphatic heterocycles. The van der Waals surface area contributed by atoms with E-state index in [9.17, 15) is 23.0 Å². The molecule has 0 spiro atoms. The Labute approximate surface area is 203 Å². The predicted molar refractivity (Wildman–Crippen MR) is 124 cm³/mol. The summed E-state index contributed by atoms with van der Waals surface area (Å²) in [7, 11) is 0. The number of nitriles is 1. The fraction of sp³-hybridized carbons (Fsp3) is 0.409. The van der Waals surface area contributed by atoms with Gasteiger partial charge in [0.15, 0.2) is 5.69 Å². The van der Waals surface area contributed by atoms with Crippen molar-refractivity contribution < 1.29 is 17.7 Å². The lowest BCUT2D eigenvalue weighted by molar-refractivity contribution is -0.137. The third kappa shape index (κ3) is 5.55. The maximum Gasteiger partial charge on any atom is 0.420 e. The number of hydrogen-bond acceptors (Lipinski definition) is 8. The number of rotatable bonds is 6. The largest absolute Gasteiger partial charge is 0.598 e. The van der Waals surface area contributed by atoms with Gasteiger partial charge in [-0.2, -0.15) is 18.4 Å². The molecule has 1 unspecified atom stereocenters. The molecule has 0 amide bonds. The molecule has 0 bridgehead atoms. The average molecular weight is 505 g/mol. The highest BCUT2D eigenvalue weighted by molar-refractivity contribution is 7.89. The second-order valence-electron chi connectivity index (χ2n) is 8.01. The predicted octanol–water partition coefficient (Wildman–Crippen LogP) is 3.48. The zero-order valence-electron chi connectivity index (χ0n) is 19.1. The number of alkyl halides is 3. The Hall–Kier alpha value is -3.21. The molecule has 35 heavy (non-hydrogen) atoms. The highest BCUT2D eigenvalue weighted by atomic mass is 32.2. The van der Waals surface area contributed by atoms with Gasteiger partial charge in [0.1, 0.15) is 35.1 Å². The van der Waals surface area contributed by atoms with E-state index < -0.39 is 23.1 Å². The second-order valence-corrected chi connectivity index (χ2v) is 9.75. The maximum atomic E-state index is 13.7. The van der Waals surface area contributed by atoms with Crippen LogP contribution in [0.25, 0.3) is 17.1 Å². The van der Waals surface area contributed by atoms with Crippen LogP contribution in [-0.4, -0.2) is 58.2 Å². The van der Waals surface area contributed by atoms with Gasteiger partial charge in [0, 0.05) is 48.6 Å². The molecule has 0 radical (unpaired) electrons. The van der Waals surface area contributed by atoms with Gasteiger partial charge >= 0.3 is 6.18 Å². The van der Waals surface area contributed by atoms with E-state index in [2.05, 4.69) is 25.3 Å². The van der Waals surface area contributed by atoms with Crippen molar-refractivity contribution in [2.45, 2.75) is 38.9 Å². The Morgan fingerprint density at radius 1 is 1.23 bits per heavy atom. The van der Waals surface area contributed by atoms with Gasteiger partial charge in [0.25, 0.3) is 0 Å². The normalized spacial score (nSPS) is 16.1. The first-order chi connectivity index (χ1) is 16.7. The lowest BCUT2D eigenvalue weighted by Gasteiger charge is -2.31. The summed E-state index contributed by atoms with van der Waals surface area (Å²) >= 11 is -1.02. The minimum atomic E-state index is -4.68. The Kier molecular flexibility index (Phi) is 7.25. The molecule has 1 atom stereocenters. The number of aromatic nitrogens is 5. The van der Waals surface area contributed by atoms with Gasteiger partial charge in [-0.25, -0.2) is 19.9 Å². The summed E-state index contributed by atoms with van der Waals surface area (Å²) < 4.78 is 56.6. The number of pyridine rings is 1. The van der Waals surface area contributed by atoms with Crippen LogP contribution in [0.2, 0.25) is 0 Å². The van der Waals surface area contributed by atoms with Crippen LogP contribution < -0.4 is 5.32 Å². The van der Waals surface area contributed by atoms with E-state index in [0.29, 0.717) is 43.1 Å². The number of aryl methyl sites for hydroxylation is 1. The van der Waals surface area contributed by atoms with Crippen LogP contribution in [0.5, 0.6) is 0 Å². The van der Waals surface area contributed by atoms with Crippen molar-refractivity contribution in [3.8, 4) is 23.1 Å². The average Bonchev–Trinajstić information content (AvgIpc) is 3.33. The Balaban J connectivity index is 1.62. The highest BCUT2D eigenvalue weighted by Gasteiger charge is 2.36. The van der Waals surface area contributed by atoms with Gasteiger partial charge < -0.3 is 14.4 Å². The molecule has 0 aromatic carbocycles. The van der Waals surface area contributed by atoms with Crippen molar-refractivity contribution in [1.29, 1.82) is 5.26 Å². The molecule has 1 aliphatic rings. The maximum absolute atomic E-state index is 13.7. The number of nitrogens with one attached hydrogen (secondary N) is 1. The summed E-state index contributed by atoms with van der Waals surface area (Å²) in [6.07, 6.45) is 0.0962. The van der Waals surface area contributed by atoms with Crippen molar-refractivity contribution in [3.05, 3.63) is 47.8 Å². The zero-order valence-corrected chi connectivity index (χ0v) is 19.9. The van der Waals surface area contributed by atoms with Crippen LogP contribution in [0, 0.1) is 18.3 Å². The van der Waals surface area contributed by atoms with Gasteiger partial charge in [-0.15, -0.1) is 4.31 Å². The van der Waals surface area contributed by atoms with Crippen molar-refractivity contribution in [2.75, 3.05) is 24.2 Å². The third-order valence-electron chi connectivity index (χ3n) is 5.64. The quantitative estimate of drug-likeness (QED) is 0.507. The lowest BCUT2D eigenvalue weighted by atomic mass is 10.1. The SMILES string of the molecule is CC[S+]([O-])N1CCC(Nc2ncc(C(F)(F)F)c(-c3cn(-c4ccc(C)nc4C#N)cn3)n2)CC1. The zero-order chi connectivity index (χ0) is 25.2. The molecule has 0 aliphatic carbocycles. The fourth-order valence-corrected chi connectivity index (χ4v) is 4.82. The lowest BCUT2D eigenvalue weighted by Crippen LogP contribution is -2.43. The summed E-state index contributed by atoms with van der Waals surface area (Å²) in [4.78, 5) is 16.3. The molecule has 4 heterocycles. The van der Waals surface area contributed by atoms with Crippen molar-refractivity contribution in [1.82, 2.24) is 28.8 Å². The summed E-state index contributed by atoms with van der Waals surface area (Å²) in [5.74, 6) is 0.609. The first-order valence-corrected chi connectivity index (χ1v) is 12.2. The molecule has 4 rings (SSSR count). The molecule has 0 saturated carbocycles. The molecule has 184 valence electrons. The summed E-state index contributed by atoms with van der Waals surface area (Å²) in [6, 6.07) is 5.29. The van der Waals surface area contributed by atoms with Gasteiger partial charge in [0.2, 0.25) is 5.95 Å². The van der Waals surface area contributed by atoms with Crippen molar-refractivity contribution in [2.24, 2.45) is 0 Å². The van der Waals surface area contributed by atoms with Gasteiger partial charge in [0.05, 0.1) is 5.69 Å². The molecular formula is C22H23F3N8OS. The van der Waals surface area contributed by atoms with Crippen LogP contribution in [0.1, 0.15) is 36.7 Å². The van der Waals surface area contributed by atoms with Gasteiger partial charge in [-0.1, -0.05) is 0 Å². The molecular weight excluding hydrogens is 481 g/mol. The van der Waals surface area contributed by atoms with Crippen molar-refractivity contribution >= 4 is 17.3 Å². The van der Waals surface area contributed by atoms with Gasteiger partial charge in [-0.3, -0.25) is 0 Å². The number of piperidine rings is 1. The topological polar surface area (TPSA) is 119 Å². The number of imidazole rings is 1. The van der Waals surface area contributed by atoms with E-state index in [1.165, 1.54) is 17.1 Å². The molecule has 3 aromatic rings. The summed E-state index contributed by atoms with van der Waals surface area (Å²) in [6.45, 7) is 4.82. The van der Waals surface area contributed by atoms with Gasteiger partial charge in [-0.05, 0) is 38.8 Å². The van der Waals surface area contributed by atoms with E-state index in [1.807, 2.05) is 17.3 Å². The molecule has 13 heteroatoms. The molecule has 1 saturated heterocycles.